The highest BCUT2D eigenvalue weighted by Crippen LogP contribution is 2.15. The topological polar surface area (TPSA) is 52.6 Å². The molecule has 0 bridgehead atoms. The first-order valence-corrected chi connectivity index (χ1v) is 9.76. The van der Waals surface area contributed by atoms with Crippen LogP contribution in [0.2, 0.25) is 0 Å². The number of amides is 1. The highest BCUT2D eigenvalue weighted by molar-refractivity contribution is 5.91. The Kier molecular flexibility index (Phi) is 6.76. The summed E-state index contributed by atoms with van der Waals surface area (Å²) >= 11 is 0. The lowest BCUT2D eigenvalue weighted by molar-refractivity contribution is 0.0787. The molecule has 2 aromatic rings. The van der Waals surface area contributed by atoms with Crippen molar-refractivity contribution in [1.82, 2.24) is 19.8 Å². The zero-order valence-electron chi connectivity index (χ0n) is 16.3. The van der Waals surface area contributed by atoms with Crippen LogP contribution in [0.15, 0.2) is 42.7 Å². The quantitative estimate of drug-likeness (QED) is 0.753. The zero-order chi connectivity index (χ0) is 19.1. The first-order chi connectivity index (χ1) is 13.2. The Balaban J connectivity index is 1.52. The maximum atomic E-state index is 12.4. The molecule has 2 heterocycles. The van der Waals surface area contributed by atoms with E-state index in [1.807, 2.05) is 7.05 Å². The maximum Gasteiger partial charge on any atom is 0.273 e. The van der Waals surface area contributed by atoms with E-state index in [2.05, 4.69) is 57.0 Å². The van der Waals surface area contributed by atoms with Gasteiger partial charge in [-0.1, -0.05) is 43.7 Å². The van der Waals surface area contributed by atoms with Gasteiger partial charge in [0.15, 0.2) is 0 Å². The second-order valence-corrected chi connectivity index (χ2v) is 7.09. The lowest BCUT2D eigenvalue weighted by Crippen LogP contribution is -2.46. The van der Waals surface area contributed by atoms with Crippen LogP contribution in [0.4, 0.5) is 5.82 Å². The van der Waals surface area contributed by atoms with E-state index in [0.29, 0.717) is 5.69 Å². The van der Waals surface area contributed by atoms with Crippen LogP contribution < -0.4 is 4.90 Å². The number of carbonyl (C=O) groups is 1. The third-order valence-corrected chi connectivity index (χ3v) is 5.00. The Bertz CT molecular complexity index is 711. The van der Waals surface area contributed by atoms with Crippen molar-refractivity contribution in [3.8, 4) is 0 Å². The predicted octanol–water partition coefficient (Wildman–Crippen LogP) is 2.67. The number of hydrogen-bond donors (Lipinski definition) is 0. The molecule has 0 unspecified atom stereocenters. The number of carbonyl (C=O) groups excluding carboxylic acids is 1. The van der Waals surface area contributed by atoms with Crippen LogP contribution in [0.1, 0.15) is 35.8 Å². The normalized spacial score (nSPS) is 15.0. The van der Waals surface area contributed by atoms with Gasteiger partial charge in [-0.15, -0.1) is 0 Å². The van der Waals surface area contributed by atoms with Crippen LogP contribution in [0.5, 0.6) is 0 Å². The molecule has 144 valence electrons. The average molecular weight is 367 g/mol. The standard InChI is InChI=1S/C21H29N5O/c1-3-4-10-24(2)21(27)19-15-23-20(16-22-19)26-13-11-25(12-14-26)17-18-8-6-5-7-9-18/h5-9,15-16H,3-4,10-14,17H2,1-2H3. The maximum absolute atomic E-state index is 12.4. The first kappa shape index (κ1) is 19.3. The van der Waals surface area contributed by atoms with E-state index in [4.69, 9.17) is 0 Å². The summed E-state index contributed by atoms with van der Waals surface area (Å²) < 4.78 is 0. The molecule has 0 N–H and O–H groups in total. The molecule has 1 aliphatic rings. The zero-order valence-corrected chi connectivity index (χ0v) is 16.3. The molecule has 6 nitrogen and oxygen atoms in total. The van der Waals surface area contributed by atoms with Gasteiger partial charge in [0.1, 0.15) is 11.5 Å². The fraction of sp³-hybridized carbons (Fsp3) is 0.476. The fourth-order valence-corrected chi connectivity index (χ4v) is 3.26. The second kappa shape index (κ2) is 9.46. The van der Waals surface area contributed by atoms with Crippen molar-refractivity contribution >= 4 is 11.7 Å². The summed E-state index contributed by atoms with van der Waals surface area (Å²) in [5.41, 5.74) is 1.76. The van der Waals surface area contributed by atoms with Gasteiger partial charge < -0.3 is 9.80 Å². The molecule has 1 aliphatic heterocycles. The van der Waals surface area contributed by atoms with Gasteiger partial charge in [-0.2, -0.15) is 0 Å². The molecule has 0 spiro atoms. The van der Waals surface area contributed by atoms with E-state index in [1.165, 1.54) is 5.56 Å². The molecule has 0 saturated carbocycles. The molecule has 0 aliphatic carbocycles. The summed E-state index contributed by atoms with van der Waals surface area (Å²) in [5, 5.41) is 0. The molecular formula is C21H29N5O. The number of nitrogens with zero attached hydrogens (tertiary/aromatic N) is 5. The highest BCUT2D eigenvalue weighted by atomic mass is 16.2. The molecule has 0 radical (unpaired) electrons. The van der Waals surface area contributed by atoms with Crippen molar-refractivity contribution in [2.75, 3.05) is 44.7 Å². The third kappa shape index (κ3) is 5.26. The fourth-order valence-electron chi connectivity index (χ4n) is 3.26. The van der Waals surface area contributed by atoms with Crippen LogP contribution in [0, 0.1) is 0 Å². The van der Waals surface area contributed by atoms with E-state index < -0.39 is 0 Å². The van der Waals surface area contributed by atoms with Gasteiger partial charge in [0.05, 0.1) is 12.4 Å². The summed E-state index contributed by atoms with van der Waals surface area (Å²) in [5.74, 6) is 0.789. The Morgan fingerprint density at radius 3 is 2.44 bits per heavy atom. The minimum Gasteiger partial charge on any atom is -0.353 e. The first-order valence-electron chi connectivity index (χ1n) is 9.76. The summed E-state index contributed by atoms with van der Waals surface area (Å²) in [7, 11) is 1.82. The Labute approximate surface area is 161 Å². The van der Waals surface area contributed by atoms with Crippen molar-refractivity contribution in [3.63, 3.8) is 0 Å². The van der Waals surface area contributed by atoms with E-state index in [0.717, 1.165) is 57.9 Å². The van der Waals surface area contributed by atoms with Gasteiger partial charge in [-0.3, -0.25) is 9.69 Å². The van der Waals surface area contributed by atoms with Gasteiger partial charge in [0.2, 0.25) is 0 Å². The predicted molar refractivity (Wildman–Crippen MR) is 108 cm³/mol. The highest BCUT2D eigenvalue weighted by Gasteiger charge is 2.19. The lowest BCUT2D eigenvalue weighted by atomic mass is 10.2. The average Bonchev–Trinajstić information content (AvgIpc) is 2.73. The number of piperazine rings is 1. The van der Waals surface area contributed by atoms with Crippen LogP contribution >= 0.6 is 0 Å². The van der Waals surface area contributed by atoms with Gasteiger partial charge in [0, 0.05) is 46.3 Å². The van der Waals surface area contributed by atoms with Crippen molar-refractivity contribution in [2.45, 2.75) is 26.3 Å². The molecule has 27 heavy (non-hydrogen) atoms. The minimum atomic E-state index is -0.0600. The molecule has 3 rings (SSSR count). The Hall–Kier alpha value is -2.47. The molecule has 1 fully saturated rings. The third-order valence-electron chi connectivity index (χ3n) is 5.00. The van der Waals surface area contributed by atoms with Crippen molar-refractivity contribution < 1.29 is 4.79 Å². The minimum absolute atomic E-state index is 0.0600. The van der Waals surface area contributed by atoms with Gasteiger partial charge in [-0.25, -0.2) is 9.97 Å². The van der Waals surface area contributed by atoms with E-state index >= 15 is 0 Å². The van der Waals surface area contributed by atoms with E-state index in [-0.39, 0.29) is 5.91 Å². The number of aromatic nitrogens is 2. The SMILES string of the molecule is CCCCN(C)C(=O)c1cnc(N2CCN(Cc3ccccc3)CC2)cn1. The molecule has 1 saturated heterocycles. The number of unbranched alkanes of at least 4 members (excludes halogenated alkanes) is 1. The van der Waals surface area contributed by atoms with E-state index in [9.17, 15) is 4.79 Å². The monoisotopic (exact) mass is 367 g/mol. The number of benzene rings is 1. The molecule has 0 atom stereocenters. The number of anilines is 1. The van der Waals surface area contributed by atoms with Crippen LogP contribution in [0.3, 0.4) is 0 Å². The summed E-state index contributed by atoms with van der Waals surface area (Å²) in [6.45, 7) is 7.69. The molecule has 6 heteroatoms. The molecule has 1 aromatic heterocycles. The van der Waals surface area contributed by atoms with Gasteiger partial charge in [0.25, 0.3) is 5.91 Å². The van der Waals surface area contributed by atoms with Crippen molar-refractivity contribution in [3.05, 3.63) is 54.0 Å². The summed E-state index contributed by atoms with van der Waals surface area (Å²) in [6.07, 6.45) is 5.41. The Morgan fingerprint density at radius 2 is 1.81 bits per heavy atom. The van der Waals surface area contributed by atoms with Gasteiger partial charge in [-0.05, 0) is 12.0 Å². The lowest BCUT2D eigenvalue weighted by Gasteiger charge is -2.35. The molecule has 1 aromatic carbocycles. The Morgan fingerprint density at radius 1 is 1.07 bits per heavy atom. The van der Waals surface area contributed by atoms with Gasteiger partial charge >= 0.3 is 0 Å². The largest absolute Gasteiger partial charge is 0.353 e. The van der Waals surface area contributed by atoms with E-state index in [1.54, 1.807) is 17.3 Å². The smallest absolute Gasteiger partial charge is 0.273 e. The summed E-state index contributed by atoms with van der Waals surface area (Å²) in [6, 6.07) is 10.6. The molecular weight excluding hydrogens is 338 g/mol. The van der Waals surface area contributed by atoms with Crippen molar-refractivity contribution in [1.29, 1.82) is 0 Å². The van der Waals surface area contributed by atoms with Crippen LogP contribution in [-0.2, 0) is 6.54 Å². The second-order valence-electron chi connectivity index (χ2n) is 7.09. The van der Waals surface area contributed by atoms with Crippen LogP contribution in [0.25, 0.3) is 0 Å². The van der Waals surface area contributed by atoms with Crippen molar-refractivity contribution in [2.24, 2.45) is 0 Å². The summed E-state index contributed by atoms with van der Waals surface area (Å²) in [4.78, 5) is 27.6. The van der Waals surface area contributed by atoms with Crippen LogP contribution in [-0.4, -0.2) is 65.4 Å². The number of rotatable bonds is 7. The number of hydrogen-bond acceptors (Lipinski definition) is 5. The molecule has 1 amide bonds.